The van der Waals surface area contributed by atoms with E-state index in [1.165, 1.54) is 30.2 Å². The number of Topliss-reactive ketones (excluding diaryl/α,β-unsaturated/α-hetero) is 2. The van der Waals surface area contributed by atoms with Gasteiger partial charge in [-0.2, -0.15) is 0 Å². The summed E-state index contributed by atoms with van der Waals surface area (Å²) >= 11 is 0. The van der Waals surface area contributed by atoms with Gasteiger partial charge in [-0.1, -0.05) is 12.1 Å². The first kappa shape index (κ1) is 40.3. The number of carbonyl (C=O) groups excluding carboxylic acids is 5. The molecule has 0 saturated carbocycles. The molecule has 55 heavy (non-hydrogen) atoms. The van der Waals surface area contributed by atoms with E-state index in [-0.39, 0.29) is 73.2 Å². The third-order valence-electron chi connectivity index (χ3n) is 11.1. The maximum atomic E-state index is 13.9. The second kappa shape index (κ2) is 15.7. The van der Waals surface area contributed by atoms with Crippen LogP contribution in [0, 0.1) is 0 Å². The van der Waals surface area contributed by atoms with E-state index in [1.54, 1.807) is 6.92 Å². The van der Waals surface area contributed by atoms with Crippen LogP contribution in [0.15, 0.2) is 18.2 Å². The molecule has 0 spiro atoms. The molecule has 1 amide bonds. The second-order valence-electron chi connectivity index (χ2n) is 14.7. The average Bonchev–Trinajstić information content (AvgIpc) is 3.53. The molecule has 2 aromatic rings. The van der Waals surface area contributed by atoms with E-state index in [9.17, 15) is 49.5 Å². The number of benzene rings is 2. The maximum absolute atomic E-state index is 13.9. The Morgan fingerprint density at radius 3 is 2.44 bits per heavy atom. The number of nitrogens with zero attached hydrogens (tertiary/aromatic N) is 1. The summed E-state index contributed by atoms with van der Waals surface area (Å²) in [5, 5.41) is 77.3. The number of rotatable bonds is 12. The van der Waals surface area contributed by atoms with E-state index in [0.717, 1.165) is 6.92 Å². The zero-order valence-electron chi connectivity index (χ0n) is 30.6. The van der Waals surface area contributed by atoms with Crippen molar-refractivity contribution in [2.24, 2.45) is 0 Å². The van der Waals surface area contributed by atoms with Gasteiger partial charge in [-0.05, 0) is 32.8 Å². The Morgan fingerprint density at radius 1 is 1.05 bits per heavy atom. The standard InChI is InChI=1S/C38H46N2O15/c1-16-33(47)21(39-14-23(43)22-10-18(42)15-40(22)26(44)8-5-9-27(45)46)11-28(54-16)55-25-13-38(52,17(2)41)12-20-30(25)37(51)32-31(35(20)49)34(48)19-6-4-7-24(53-3)29(19)36(32)50/h4,6-7,16,18,21-22,25,27-28,33,39,42,45-47,49,51-52H,5,8-15H2,1-3H3/t16?,18?,21?,22-,25?,28?,33?,38?/m0/s1. The molecule has 17 nitrogen and oxygen atoms in total. The highest BCUT2D eigenvalue weighted by Crippen LogP contribution is 2.52. The zero-order chi connectivity index (χ0) is 40.1. The molecular formula is C38H46N2O15. The molecule has 2 aliphatic heterocycles. The van der Waals surface area contributed by atoms with E-state index < -0.39 is 119 Å². The molecule has 298 valence electrons. The fourth-order valence-corrected chi connectivity index (χ4v) is 8.15. The van der Waals surface area contributed by atoms with Gasteiger partial charge in [0.15, 0.2) is 29.9 Å². The molecule has 7 unspecified atom stereocenters. The molecular weight excluding hydrogens is 724 g/mol. The normalized spacial score (nSPS) is 28.8. The lowest BCUT2D eigenvalue weighted by atomic mass is 9.72. The highest BCUT2D eigenvalue weighted by Gasteiger charge is 2.50. The number of nitrogens with one attached hydrogen (secondary N) is 1. The molecule has 17 heteroatoms. The first-order chi connectivity index (χ1) is 26.0. The van der Waals surface area contributed by atoms with Crippen LogP contribution < -0.4 is 10.1 Å². The first-order valence-electron chi connectivity index (χ1n) is 18.2. The van der Waals surface area contributed by atoms with Crippen LogP contribution >= 0.6 is 0 Å². The van der Waals surface area contributed by atoms with E-state index in [2.05, 4.69) is 5.32 Å². The number of aliphatic hydroxyl groups is 5. The number of hydrogen-bond acceptors (Lipinski definition) is 16. The smallest absolute Gasteiger partial charge is 0.223 e. The summed E-state index contributed by atoms with van der Waals surface area (Å²) in [4.78, 5) is 68.0. The SMILES string of the molecule is COc1cccc2c1C(=O)c1c(O)c3c(c(O)c1C2=O)CC(O)(C(C)=O)CC3OC1CC(NCC(=O)[C@@H]2CC(O)CN2C(=O)CCCC(O)O)C(O)C(C)O1. The van der Waals surface area contributed by atoms with Crippen molar-refractivity contribution in [3.63, 3.8) is 0 Å². The number of likely N-dealkylation sites (tertiary alicyclic amines) is 1. The minimum atomic E-state index is -2.13. The number of amides is 1. The van der Waals surface area contributed by atoms with Crippen molar-refractivity contribution >= 4 is 29.0 Å². The van der Waals surface area contributed by atoms with Crippen LogP contribution in [-0.2, 0) is 30.3 Å². The highest BCUT2D eigenvalue weighted by atomic mass is 16.7. The highest BCUT2D eigenvalue weighted by molar-refractivity contribution is 6.31. The maximum Gasteiger partial charge on any atom is 0.223 e. The van der Waals surface area contributed by atoms with Crippen LogP contribution in [0.2, 0.25) is 0 Å². The minimum Gasteiger partial charge on any atom is -0.507 e. The Bertz CT molecular complexity index is 1900. The van der Waals surface area contributed by atoms with Crippen molar-refractivity contribution < 1.29 is 73.9 Å². The van der Waals surface area contributed by atoms with Gasteiger partial charge < -0.3 is 60.2 Å². The topological polar surface area (TPSA) is 270 Å². The molecule has 0 radical (unpaired) electrons. The Kier molecular flexibility index (Phi) is 11.5. The lowest BCUT2D eigenvalue weighted by Crippen LogP contribution is -2.56. The monoisotopic (exact) mass is 770 g/mol. The van der Waals surface area contributed by atoms with Crippen molar-refractivity contribution in [1.82, 2.24) is 10.2 Å². The molecule has 2 fully saturated rings. The van der Waals surface area contributed by atoms with E-state index >= 15 is 0 Å². The number of ketones is 4. The molecule has 4 aliphatic rings. The number of methoxy groups -OCH3 is 1. The second-order valence-corrected chi connectivity index (χ2v) is 14.7. The van der Waals surface area contributed by atoms with Crippen molar-refractivity contribution in [3.05, 3.63) is 51.6 Å². The van der Waals surface area contributed by atoms with Gasteiger partial charge in [-0.25, -0.2) is 0 Å². The third-order valence-corrected chi connectivity index (χ3v) is 11.1. The van der Waals surface area contributed by atoms with E-state index in [4.69, 9.17) is 24.4 Å². The Balaban J connectivity index is 1.25. The van der Waals surface area contributed by atoms with Crippen molar-refractivity contribution in [1.29, 1.82) is 0 Å². The molecule has 2 saturated heterocycles. The summed E-state index contributed by atoms with van der Waals surface area (Å²) in [7, 11) is 1.31. The van der Waals surface area contributed by atoms with Gasteiger partial charge in [0.2, 0.25) is 11.7 Å². The number of aliphatic hydroxyl groups excluding tert-OH is 3. The molecule has 6 rings (SSSR count). The lowest BCUT2D eigenvalue weighted by molar-refractivity contribution is -0.249. The predicted molar refractivity (Wildman–Crippen MR) is 187 cm³/mol. The van der Waals surface area contributed by atoms with Gasteiger partial charge in [0.05, 0.1) is 60.8 Å². The Labute approximate surface area is 315 Å². The number of phenolic OH excluding ortho intramolecular Hbond substituents is 2. The quantitative estimate of drug-likeness (QED) is 0.0866. The fourth-order valence-electron chi connectivity index (χ4n) is 8.15. The molecule has 2 heterocycles. The van der Waals surface area contributed by atoms with Gasteiger partial charge in [-0.3, -0.25) is 24.0 Å². The summed E-state index contributed by atoms with van der Waals surface area (Å²) in [6.07, 6.45) is -8.16. The Hall–Kier alpha value is -4.33. The molecule has 0 bridgehead atoms. The third kappa shape index (κ3) is 7.50. The first-order valence-corrected chi connectivity index (χ1v) is 18.2. The number of fused-ring (bicyclic) bond motifs is 3. The summed E-state index contributed by atoms with van der Waals surface area (Å²) in [5.41, 5.74) is -3.62. The van der Waals surface area contributed by atoms with E-state index in [1.807, 2.05) is 0 Å². The Morgan fingerprint density at radius 2 is 1.76 bits per heavy atom. The minimum absolute atomic E-state index is 0.00000292. The van der Waals surface area contributed by atoms with E-state index in [0.29, 0.717) is 0 Å². The number of β-amino-alcohol motifs (C(OH)–C–C–N with tert-alkyl or cyclic N) is 1. The van der Waals surface area contributed by atoms with Gasteiger partial charge in [0.1, 0.15) is 22.8 Å². The predicted octanol–water partition coefficient (Wildman–Crippen LogP) is -0.328. The van der Waals surface area contributed by atoms with Crippen LogP contribution in [0.3, 0.4) is 0 Å². The van der Waals surface area contributed by atoms with Gasteiger partial charge >= 0.3 is 0 Å². The number of carbonyl (C=O) groups is 5. The molecule has 2 aromatic carbocycles. The molecule has 0 aromatic heterocycles. The van der Waals surface area contributed by atoms with Crippen LogP contribution in [0.5, 0.6) is 17.2 Å². The number of aromatic hydroxyl groups is 2. The number of phenols is 2. The van der Waals surface area contributed by atoms with Crippen molar-refractivity contribution in [2.45, 2.75) is 113 Å². The summed E-state index contributed by atoms with van der Waals surface area (Å²) < 4.78 is 17.5. The fraction of sp³-hybridized carbons (Fsp3) is 0.553. The van der Waals surface area contributed by atoms with Crippen molar-refractivity contribution in [3.8, 4) is 17.2 Å². The lowest BCUT2D eigenvalue weighted by Gasteiger charge is -2.43. The van der Waals surface area contributed by atoms with Crippen molar-refractivity contribution in [2.75, 3.05) is 20.2 Å². The van der Waals surface area contributed by atoms with Gasteiger partial charge in [-0.15, -0.1) is 0 Å². The average molecular weight is 771 g/mol. The molecule has 2 aliphatic carbocycles. The summed E-state index contributed by atoms with van der Waals surface area (Å²) in [6.45, 7) is 2.29. The molecule has 8 N–H and O–H groups in total. The summed E-state index contributed by atoms with van der Waals surface area (Å²) in [6, 6.07) is 2.54. The van der Waals surface area contributed by atoms with Gasteiger partial charge in [0, 0.05) is 61.4 Å². The largest absolute Gasteiger partial charge is 0.507 e. The van der Waals surface area contributed by atoms with Crippen LogP contribution in [0.1, 0.15) is 101 Å². The van der Waals surface area contributed by atoms with Gasteiger partial charge in [0.25, 0.3) is 0 Å². The summed E-state index contributed by atoms with van der Waals surface area (Å²) in [5.74, 6) is -4.47. The number of hydrogen-bond donors (Lipinski definition) is 8. The van der Waals surface area contributed by atoms with Crippen LogP contribution in [0.4, 0.5) is 0 Å². The molecule has 8 atom stereocenters. The van der Waals surface area contributed by atoms with Crippen LogP contribution in [-0.4, -0.2) is 138 Å². The zero-order valence-corrected chi connectivity index (χ0v) is 30.6. The number of ether oxygens (including phenoxy) is 3. The van der Waals surface area contributed by atoms with Crippen LogP contribution in [0.25, 0.3) is 0 Å².